The van der Waals surface area contributed by atoms with Crippen molar-refractivity contribution in [1.82, 2.24) is 5.32 Å². The van der Waals surface area contributed by atoms with E-state index < -0.39 is 0 Å². The molecule has 3 N–H and O–H groups in total. The minimum Gasteiger partial charge on any atom is -0.466 e. The summed E-state index contributed by atoms with van der Waals surface area (Å²) in [6.45, 7) is 7.97. The Morgan fingerprint density at radius 3 is 2.45 bits per heavy atom. The molecule has 1 heterocycles. The summed E-state index contributed by atoms with van der Waals surface area (Å²) in [7, 11) is 0. The van der Waals surface area contributed by atoms with E-state index in [1.165, 1.54) is 0 Å². The van der Waals surface area contributed by atoms with Crippen molar-refractivity contribution in [2.75, 3.05) is 5.73 Å². The average Bonchev–Trinajstić information content (AvgIpc) is 2.65. The number of amides is 1. The molecule has 0 saturated heterocycles. The van der Waals surface area contributed by atoms with Gasteiger partial charge in [0.05, 0.1) is 5.56 Å². The van der Waals surface area contributed by atoms with E-state index in [4.69, 9.17) is 10.2 Å². The zero-order chi connectivity index (χ0) is 14.9. The van der Waals surface area contributed by atoms with Gasteiger partial charge in [0.15, 0.2) is 0 Å². The summed E-state index contributed by atoms with van der Waals surface area (Å²) < 4.78 is 5.48. The van der Waals surface area contributed by atoms with Crippen molar-refractivity contribution in [2.45, 2.75) is 34.2 Å². The van der Waals surface area contributed by atoms with Crippen LogP contribution in [0.4, 0.5) is 5.69 Å². The number of benzene rings is 1. The highest BCUT2D eigenvalue weighted by atomic mass is 16.3. The molecule has 2 rings (SSSR count). The average molecular weight is 272 g/mol. The molecule has 1 aromatic heterocycles. The highest BCUT2D eigenvalue weighted by molar-refractivity contribution is 5.96. The van der Waals surface area contributed by atoms with Gasteiger partial charge in [-0.25, -0.2) is 0 Å². The summed E-state index contributed by atoms with van der Waals surface area (Å²) in [5.74, 6) is 1.33. The van der Waals surface area contributed by atoms with Crippen molar-refractivity contribution in [3.63, 3.8) is 0 Å². The van der Waals surface area contributed by atoms with Crippen LogP contribution in [0.15, 0.2) is 22.6 Å². The van der Waals surface area contributed by atoms with Gasteiger partial charge in [-0.05, 0) is 44.9 Å². The molecule has 106 valence electrons. The normalized spacial score (nSPS) is 10.6. The molecule has 1 amide bonds. The highest BCUT2D eigenvalue weighted by Gasteiger charge is 2.18. The third-order valence-corrected chi connectivity index (χ3v) is 3.72. The smallest absolute Gasteiger partial charge is 0.255 e. The van der Waals surface area contributed by atoms with Gasteiger partial charge < -0.3 is 15.5 Å². The van der Waals surface area contributed by atoms with Crippen molar-refractivity contribution >= 4 is 11.6 Å². The summed E-state index contributed by atoms with van der Waals surface area (Å²) >= 11 is 0. The highest BCUT2D eigenvalue weighted by Crippen LogP contribution is 2.21. The molecule has 0 bridgehead atoms. The van der Waals surface area contributed by atoms with Gasteiger partial charge in [0.1, 0.15) is 11.5 Å². The maximum Gasteiger partial charge on any atom is 0.255 e. The maximum atomic E-state index is 12.3. The molecule has 0 aliphatic rings. The zero-order valence-corrected chi connectivity index (χ0v) is 12.3. The van der Waals surface area contributed by atoms with Crippen LogP contribution >= 0.6 is 0 Å². The lowest BCUT2D eigenvalue weighted by molar-refractivity contribution is 0.0949. The van der Waals surface area contributed by atoms with Gasteiger partial charge in [-0.1, -0.05) is 12.1 Å². The molecule has 0 aliphatic heterocycles. The number of hydrogen-bond donors (Lipinski definition) is 2. The van der Waals surface area contributed by atoms with E-state index in [2.05, 4.69) is 5.32 Å². The van der Waals surface area contributed by atoms with E-state index in [0.717, 1.165) is 28.1 Å². The van der Waals surface area contributed by atoms with Gasteiger partial charge in [-0.15, -0.1) is 0 Å². The molecule has 2 aromatic rings. The fourth-order valence-corrected chi connectivity index (χ4v) is 2.29. The first kappa shape index (κ1) is 14.2. The van der Waals surface area contributed by atoms with Crippen LogP contribution in [0, 0.1) is 27.7 Å². The number of nitrogens with two attached hydrogens (primary N) is 1. The fraction of sp³-hybridized carbons (Fsp3) is 0.312. The number of aryl methyl sites for hydroxylation is 2. The van der Waals surface area contributed by atoms with E-state index in [9.17, 15) is 4.79 Å². The number of rotatable bonds is 3. The zero-order valence-electron chi connectivity index (χ0n) is 12.3. The van der Waals surface area contributed by atoms with Gasteiger partial charge in [-0.3, -0.25) is 4.79 Å². The topological polar surface area (TPSA) is 68.3 Å². The Bertz CT molecular complexity index is 657. The summed E-state index contributed by atoms with van der Waals surface area (Å²) in [5, 5.41) is 2.92. The van der Waals surface area contributed by atoms with E-state index in [-0.39, 0.29) is 5.91 Å². The molecule has 0 aliphatic carbocycles. The number of hydrogen-bond acceptors (Lipinski definition) is 3. The number of anilines is 1. The molecule has 1 aromatic carbocycles. The molecule has 0 atom stereocenters. The second-order valence-electron chi connectivity index (χ2n) is 5.03. The molecule has 0 spiro atoms. The van der Waals surface area contributed by atoms with Gasteiger partial charge in [0.2, 0.25) is 0 Å². The number of nitrogen functional groups attached to an aromatic ring is 1. The van der Waals surface area contributed by atoms with Crippen molar-refractivity contribution < 1.29 is 9.21 Å². The second kappa shape index (κ2) is 5.41. The first-order valence-electron chi connectivity index (χ1n) is 6.60. The van der Waals surface area contributed by atoms with Gasteiger partial charge in [0, 0.05) is 17.8 Å². The van der Waals surface area contributed by atoms with Gasteiger partial charge in [0.25, 0.3) is 5.91 Å². The van der Waals surface area contributed by atoms with Crippen molar-refractivity contribution in [1.29, 1.82) is 0 Å². The van der Waals surface area contributed by atoms with Crippen molar-refractivity contribution in [3.05, 3.63) is 52.0 Å². The Hall–Kier alpha value is -2.23. The molecule has 0 saturated carbocycles. The van der Waals surface area contributed by atoms with Crippen LogP contribution in [0.3, 0.4) is 0 Å². The summed E-state index contributed by atoms with van der Waals surface area (Å²) in [6, 6.07) is 5.71. The molecular weight excluding hydrogens is 252 g/mol. The van der Waals surface area contributed by atoms with Crippen LogP contribution in [0.25, 0.3) is 0 Å². The van der Waals surface area contributed by atoms with Crippen LogP contribution in [0.2, 0.25) is 0 Å². The Morgan fingerprint density at radius 1 is 1.15 bits per heavy atom. The number of nitrogens with one attached hydrogen (secondary N) is 1. The Balaban J connectivity index is 2.15. The maximum absolute atomic E-state index is 12.3. The van der Waals surface area contributed by atoms with Crippen LogP contribution in [0.1, 0.15) is 38.6 Å². The van der Waals surface area contributed by atoms with Crippen molar-refractivity contribution in [2.24, 2.45) is 0 Å². The standard InChI is InChI=1S/C16H20N2O2/c1-9-11(3)20-12(4)15(9)16(19)18-8-13-6-5-7-14(17)10(13)2/h5-7H,8,17H2,1-4H3,(H,18,19). The van der Waals surface area contributed by atoms with Crippen LogP contribution in [0.5, 0.6) is 0 Å². The van der Waals surface area contributed by atoms with E-state index in [1.54, 1.807) is 6.92 Å². The largest absolute Gasteiger partial charge is 0.466 e. The van der Waals surface area contributed by atoms with Crippen LogP contribution in [-0.2, 0) is 6.54 Å². The predicted molar refractivity (Wildman–Crippen MR) is 79.7 cm³/mol. The minimum absolute atomic E-state index is 0.112. The fourth-order valence-electron chi connectivity index (χ4n) is 2.29. The lowest BCUT2D eigenvalue weighted by Crippen LogP contribution is -2.24. The predicted octanol–water partition coefficient (Wildman–Crippen LogP) is 3.03. The third kappa shape index (κ3) is 2.54. The molecule has 0 radical (unpaired) electrons. The van der Waals surface area contributed by atoms with Crippen LogP contribution in [-0.4, -0.2) is 5.91 Å². The van der Waals surface area contributed by atoms with Gasteiger partial charge in [-0.2, -0.15) is 0 Å². The second-order valence-corrected chi connectivity index (χ2v) is 5.03. The van der Waals surface area contributed by atoms with E-state index in [1.807, 2.05) is 39.0 Å². The first-order valence-corrected chi connectivity index (χ1v) is 6.60. The van der Waals surface area contributed by atoms with E-state index >= 15 is 0 Å². The first-order chi connectivity index (χ1) is 9.41. The molecule has 0 unspecified atom stereocenters. The Kier molecular flexibility index (Phi) is 3.84. The van der Waals surface area contributed by atoms with Gasteiger partial charge >= 0.3 is 0 Å². The molecule has 20 heavy (non-hydrogen) atoms. The number of carbonyl (C=O) groups is 1. The SMILES string of the molecule is Cc1oc(C)c(C(=O)NCc2cccc(N)c2C)c1C. The number of furan rings is 1. The van der Waals surface area contributed by atoms with Crippen molar-refractivity contribution in [3.8, 4) is 0 Å². The Labute approximate surface area is 119 Å². The molecule has 0 fully saturated rings. The van der Waals surface area contributed by atoms with E-state index in [0.29, 0.717) is 17.9 Å². The quantitative estimate of drug-likeness (QED) is 0.844. The lowest BCUT2D eigenvalue weighted by Gasteiger charge is -2.10. The molecule has 4 nitrogen and oxygen atoms in total. The third-order valence-electron chi connectivity index (χ3n) is 3.72. The number of carbonyl (C=O) groups excluding carboxylic acids is 1. The monoisotopic (exact) mass is 272 g/mol. The summed E-state index contributed by atoms with van der Waals surface area (Å²) in [5.41, 5.74) is 10.1. The molecular formula is C16H20N2O2. The minimum atomic E-state index is -0.112. The Morgan fingerprint density at radius 2 is 1.85 bits per heavy atom. The van der Waals surface area contributed by atoms with Crippen LogP contribution < -0.4 is 11.1 Å². The summed E-state index contributed by atoms with van der Waals surface area (Å²) in [6.07, 6.45) is 0. The lowest BCUT2D eigenvalue weighted by atomic mass is 10.1. The molecule has 4 heteroatoms. The summed E-state index contributed by atoms with van der Waals surface area (Å²) in [4.78, 5) is 12.3.